The highest BCUT2D eigenvalue weighted by Crippen LogP contribution is 2.33. The summed E-state index contributed by atoms with van der Waals surface area (Å²) in [7, 11) is 1.56. The van der Waals surface area contributed by atoms with Crippen LogP contribution in [0, 0.1) is 11.8 Å². The summed E-state index contributed by atoms with van der Waals surface area (Å²) in [6, 6.07) is 11.6. The normalized spacial score (nSPS) is 12.2. The Morgan fingerprint density at radius 3 is 2.31 bits per heavy atom. The van der Waals surface area contributed by atoms with Crippen LogP contribution in [0.3, 0.4) is 0 Å². The van der Waals surface area contributed by atoms with Gasteiger partial charge in [-0.05, 0) is 59.2 Å². The van der Waals surface area contributed by atoms with Gasteiger partial charge in [0.25, 0.3) is 0 Å². The molecule has 0 radical (unpaired) electrons. The number of hydrogen-bond donors (Lipinski definition) is 2. The second kappa shape index (κ2) is 11.8. The number of ether oxygens (including phenoxy) is 2. The van der Waals surface area contributed by atoms with E-state index in [0.717, 1.165) is 34.8 Å². The predicted molar refractivity (Wildman–Crippen MR) is 118 cm³/mol. The molecule has 1 atom stereocenters. The fourth-order valence-corrected chi connectivity index (χ4v) is 3.53. The third-order valence-corrected chi connectivity index (χ3v) is 5.35. The number of aliphatic hydroxyl groups excluding tert-OH is 2. The average molecular weight is 401 g/mol. The molecule has 29 heavy (non-hydrogen) atoms. The van der Waals surface area contributed by atoms with Crippen LogP contribution in [0.1, 0.15) is 57.6 Å². The summed E-state index contributed by atoms with van der Waals surface area (Å²) in [5.41, 5.74) is 3.29. The van der Waals surface area contributed by atoms with E-state index in [1.165, 1.54) is 19.3 Å². The van der Waals surface area contributed by atoms with Gasteiger partial charge in [0.2, 0.25) is 0 Å². The van der Waals surface area contributed by atoms with E-state index >= 15 is 0 Å². The first-order valence-corrected chi connectivity index (χ1v) is 10.6. The highest BCUT2D eigenvalue weighted by Gasteiger charge is 2.12. The molecule has 2 aromatic rings. The van der Waals surface area contributed by atoms with Crippen LogP contribution >= 0.6 is 0 Å². The Kier molecular flexibility index (Phi) is 9.49. The van der Waals surface area contributed by atoms with Crippen molar-refractivity contribution in [3.8, 4) is 22.6 Å². The zero-order chi connectivity index (χ0) is 21.2. The van der Waals surface area contributed by atoms with Crippen LogP contribution in [0.2, 0.25) is 0 Å². The lowest BCUT2D eigenvalue weighted by atomic mass is 9.96. The summed E-state index contributed by atoms with van der Waals surface area (Å²) in [6.07, 6.45) is 4.86. The standard InChI is InChI=1S/C25H36O4/c1-18(2)7-5-8-19(3)11-12-29-23-10-6-9-20(13-23)24-14-22(17-27)25(28-4)15-21(24)16-26/h6,9-10,13-15,18-19,26-27H,5,7-8,11-12,16-17H2,1-4H3. The van der Waals surface area contributed by atoms with Gasteiger partial charge in [0.1, 0.15) is 11.5 Å². The molecule has 4 heteroatoms. The van der Waals surface area contributed by atoms with E-state index in [2.05, 4.69) is 20.8 Å². The fourth-order valence-electron chi connectivity index (χ4n) is 3.53. The van der Waals surface area contributed by atoms with Crippen LogP contribution in [0.25, 0.3) is 11.1 Å². The van der Waals surface area contributed by atoms with Crippen LogP contribution in [0.4, 0.5) is 0 Å². The highest BCUT2D eigenvalue weighted by molar-refractivity contribution is 5.71. The monoisotopic (exact) mass is 400 g/mol. The van der Waals surface area contributed by atoms with Gasteiger partial charge in [-0.3, -0.25) is 0 Å². The Morgan fingerprint density at radius 1 is 0.897 bits per heavy atom. The van der Waals surface area contributed by atoms with Gasteiger partial charge in [-0.15, -0.1) is 0 Å². The lowest BCUT2D eigenvalue weighted by Gasteiger charge is -2.16. The average Bonchev–Trinajstić information content (AvgIpc) is 2.72. The zero-order valence-corrected chi connectivity index (χ0v) is 18.3. The van der Waals surface area contributed by atoms with Crippen molar-refractivity contribution in [2.75, 3.05) is 13.7 Å². The minimum Gasteiger partial charge on any atom is -0.496 e. The molecule has 0 aliphatic rings. The first-order valence-electron chi connectivity index (χ1n) is 10.6. The first kappa shape index (κ1) is 23.2. The van der Waals surface area contributed by atoms with Crippen molar-refractivity contribution >= 4 is 0 Å². The maximum absolute atomic E-state index is 9.79. The van der Waals surface area contributed by atoms with Crippen LogP contribution < -0.4 is 9.47 Å². The van der Waals surface area contributed by atoms with E-state index in [-0.39, 0.29) is 13.2 Å². The zero-order valence-electron chi connectivity index (χ0n) is 18.3. The number of hydrogen-bond acceptors (Lipinski definition) is 4. The molecule has 0 fully saturated rings. The molecular weight excluding hydrogens is 364 g/mol. The van der Waals surface area contributed by atoms with Crippen molar-refractivity contribution in [3.05, 3.63) is 47.5 Å². The molecule has 2 aromatic carbocycles. The summed E-state index contributed by atoms with van der Waals surface area (Å²) in [5.74, 6) is 2.84. The number of rotatable bonds is 12. The molecule has 0 amide bonds. The maximum Gasteiger partial charge on any atom is 0.124 e. The summed E-state index contributed by atoms with van der Waals surface area (Å²) >= 11 is 0. The van der Waals surface area contributed by atoms with Crippen molar-refractivity contribution in [1.82, 2.24) is 0 Å². The topological polar surface area (TPSA) is 58.9 Å². The largest absolute Gasteiger partial charge is 0.496 e. The Bertz CT molecular complexity index is 754. The third-order valence-electron chi connectivity index (χ3n) is 5.35. The second-order valence-electron chi connectivity index (χ2n) is 8.23. The van der Waals surface area contributed by atoms with E-state index in [9.17, 15) is 10.2 Å². The van der Waals surface area contributed by atoms with Gasteiger partial charge < -0.3 is 19.7 Å². The van der Waals surface area contributed by atoms with E-state index < -0.39 is 0 Å². The lowest BCUT2D eigenvalue weighted by molar-refractivity contribution is 0.270. The Labute approximate surface area is 175 Å². The lowest BCUT2D eigenvalue weighted by Crippen LogP contribution is -2.05. The predicted octanol–water partition coefficient (Wildman–Crippen LogP) is 5.58. The fraction of sp³-hybridized carbons (Fsp3) is 0.520. The SMILES string of the molecule is COc1cc(CO)c(-c2cccc(OCCC(C)CCCC(C)C)c2)cc1CO. The molecule has 0 aromatic heterocycles. The first-order chi connectivity index (χ1) is 14.0. The number of benzene rings is 2. The molecular formula is C25H36O4. The van der Waals surface area contributed by atoms with Crippen molar-refractivity contribution in [3.63, 3.8) is 0 Å². The molecule has 4 nitrogen and oxygen atoms in total. The van der Waals surface area contributed by atoms with Gasteiger partial charge in [-0.1, -0.05) is 52.2 Å². The van der Waals surface area contributed by atoms with Gasteiger partial charge in [0.15, 0.2) is 0 Å². The molecule has 0 bridgehead atoms. The van der Waals surface area contributed by atoms with E-state index in [0.29, 0.717) is 23.8 Å². The molecule has 0 saturated carbocycles. The van der Waals surface area contributed by atoms with Gasteiger partial charge in [0.05, 0.1) is 26.9 Å². The number of methoxy groups -OCH3 is 1. The highest BCUT2D eigenvalue weighted by atomic mass is 16.5. The minimum atomic E-state index is -0.118. The summed E-state index contributed by atoms with van der Waals surface area (Å²) < 4.78 is 11.3. The smallest absolute Gasteiger partial charge is 0.124 e. The molecule has 0 aliphatic carbocycles. The van der Waals surface area contributed by atoms with Crippen molar-refractivity contribution in [1.29, 1.82) is 0 Å². The summed E-state index contributed by atoms with van der Waals surface area (Å²) in [5, 5.41) is 19.4. The third kappa shape index (κ3) is 7.06. The Morgan fingerprint density at radius 2 is 1.66 bits per heavy atom. The summed E-state index contributed by atoms with van der Waals surface area (Å²) in [4.78, 5) is 0. The molecule has 0 heterocycles. The van der Waals surface area contributed by atoms with E-state index in [4.69, 9.17) is 9.47 Å². The Balaban J connectivity index is 2.04. The van der Waals surface area contributed by atoms with Crippen LogP contribution in [0.15, 0.2) is 36.4 Å². The molecule has 2 N–H and O–H groups in total. The van der Waals surface area contributed by atoms with Crippen LogP contribution in [-0.2, 0) is 13.2 Å². The van der Waals surface area contributed by atoms with E-state index in [1.807, 2.05) is 30.3 Å². The molecule has 0 spiro atoms. The van der Waals surface area contributed by atoms with Crippen LogP contribution in [-0.4, -0.2) is 23.9 Å². The molecule has 1 unspecified atom stereocenters. The Hall–Kier alpha value is -2.04. The second-order valence-corrected chi connectivity index (χ2v) is 8.23. The van der Waals surface area contributed by atoms with Gasteiger partial charge in [-0.2, -0.15) is 0 Å². The van der Waals surface area contributed by atoms with Crippen molar-refractivity contribution in [2.24, 2.45) is 11.8 Å². The molecule has 0 saturated heterocycles. The van der Waals surface area contributed by atoms with Gasteiger partial charge in [0, 0.05) is 5.56 Å². The van der Waals surface area contributed by atoms with Gasteiger partial charge in [-0.25, -0.2) is 0 Å². The maximum atomic E-state index is 9.79. The quantitative estimate of drug-likeness (QED) is 0.488. The minimum absolute atomic E-state index is 0.101. The molecule has 160 valence electrons. The van der Waals surface area contributed by atoms with E-state index in [1.54, 1.807) is 13.2 Å². The molecule has 2 rings (SSSR count). The number of aliphatic hydroxyl groups is 2. The molecule has 0 aliphatic heterocycles. The summed E-state index contributed by atoms with van der Waals surface area (Å²) in [6.45, 7) is 7.32. The van der Waals surface area contributed by atoms with Crippen LogP contribution in [0.5, 0.6) is 11.5 Å². The van der Waals surface area contributed by atoms with Crippen molar-refractivity contribution < 1.29 is 19.7 Å². The van der Waals surface area contributed by atoms with Gasteiger partial charge >= 0.3 is 0 Å². The van der Waals surface area contributed by atoms with Crippen molar-refractivity contribution in [2.45, 2.75) is 59.7 Å².